The second kappa shape index (κ2) is 10.7. The van der Waals surface area contributed by atoms with E-state index in [1.165, 1.54) is 23.3 Å². The van der Waals surface area contributed by atoms with E-state index < -0.39 is 11.7 Å². The number of rotatable bonds is 9. The average molecular weight is 430 g/mol. The molecule has 3 rings (SSSR count). The Labute approximate surface area is 180 Å². The maximum Gasteiger partial charge on any atom is 0.416 e. The van der Waals surface area contributed by atoms with Crippen molar-refractivity contribution in [3.63, 3.8) is 0 Å². The molecule has 0 amide bonds. The lowest BCUT2D eigenvalue weighted by Gasteiger charge is -2.19. The topological polar surface area (TPSA) is 12.0 Å². The van der Waals surface area contributed by atoms with Crippen LogP contribution in [0.2, 0.25) is 0 Å². The Morgan fingerprint density at radius 3 is 2.00 bits per heavy atom. The highest BCUT2D eigenvalue weighted by Gasteiger charge is 2.30. The van der Waals surface area contributed by atoms with Crippen LogP contribution in [0.1, 0.15) is 34.4 Å². The van der Waals surface area contributed by atoms with E-state index in [2.05, 4.69) is 53.8 Å². The second-order valence-electron chi connectivity index (χ2n) is 7.33. The van der Waals surface area contributed by atoms with Gasteiger partial charge in [0.15, 0.2) is 0 Å². The van der Waals surface area contributed by atoms with Crippen LogP contribution in [-0.4, -0.2) is 18.3 Å². The molecule has 0 aliphatic heterocycles. The summed E-state index contributed by atoms with van der Waals surface area (Å²) in [4.78, 5) is 0. The van der Waals surface area contributed by atoms with Crippen molar-refractivity contribution in [2.75, 3.05) is 12.3 Å². The number of halogens is 3. The van der Waals surface area contributed by atoms with E-state index in [1.54, 1.807) is 6.07 Å². The standard InChI is InChI=1S/C25H26F3NS/c1-19(17-20-9-8-14-23(18-20)25(26,27)28)29-15-16-30-24(21-10-4-2-5-11-21)22-12-6-3-7-13-22/h2-14,18-19,24,29H,15-17H2,1H3. The van der Waals surface area contributed by atoms with E-state index in [0.29, 0.717) is 12.0 Å². The summed E-state index contributed by atoms with van der Waals surface area (Å²) < 4.78 is 38.7. The minimum absolute atomic E-state index is 0.0981. The first-order chi connectivity index (χ1) is 14.4. The predicted octanol–water partition coefficient (Wildman–Crippen LogP) is 6.75. The Hall–Kier alpha value is -2.24. The monoisotopic (exact) mass is 429 g/mol. The SMILES string of the molecule is CC(Cc1cccc(C(F)(F)F)c1)NCCSC(c1ccccc1)c1ccccc1. The van der Waals surface area contributed by atoms with Crippen molar-refractivity contribution in [1.82, 2.24) is 5.32 Å². The first-order valence-electron chi connectivity index (χ1n) is 10.0. The smallest absolute Gasteiger partial charge is 0.313 e. The average Bonchev–Trinajstić information content (AvgIpc) is 2.74. The highest BCUT2D eigenvalue weighted by Crippen LogP contribution is 2.35. The molecule has 0 saturated heterocycles. The summed E-state index contributed by atoms with van der Waals surface area (Å²) in [6.07, 6.45) is -3.73. The van der Waals surface area contributed by atoms with Gasteiger partial charge in [-0.3, -0.25) is 0 Å². The number of hydrogen-bond acceptors (Lipinski definition) is 2. The molecule has 3 aromatic carbocycles. The van der Waals surface area contributed by atoms with Crippen LogP contribution in [0.4, 0.5) is 13.2 Å². The third-order valence-electron chi connectivity index (χ3n) is 4.88. The molecule has 0 aliphatic rings. The van der Waals surface area contributed by atoms with Crippen LogP contribution in [0.15, 0.2) is 84.9 Å². The Bertz CT molecular complexity index is 858. The van der Waals surface area contributed by atoms with Crippen LogP contribution in [0.5, 0.6) is 0 Å². The van der Waals surface area contributed by atoms with Crippen LogP contribution >= 0.6 is 11.8 Å². The number of benzene rings is 3. The summed E-state index contributed by atoms with van der Waals surface area (Å²) in [6.45, 7) is 2.80. The van der Waals surface area contributed by atoms with Gasteiger partial charge in [-0.15, -0.1) is 11.8 Å². The number of thioether (sulfide) groups is 1. The molecule has 1 nitrogen and oxygen atoms in total. The molecule has 0 radical (unpaired) electrons. The van der Waals surface area contributed by atoms with Gasteiger partial charge < -0.3 is 5.32 Å². The molecule has 0 aliphatic carbocycles. The summed E-state index contributed by atoms with van der Waals surface area (Å²) in [7, 11) is 0. The van der Waals surface area contributed by atoms with Gasteiger partial charge in [-0.05, 0) is 36.1 Å². The van der Waals surface area contributed by atoms with Crippen molar-refractivity contribution >= 4 is 11.8 Å². The maximum atomic E-state index is 12.9. The van der Waals surface area contributed by atoms with E-state index in [9.17, 15) is 13.2 Å². The van der Waals surface area contributed by atoms with Crippen molar-refractivity contribution in [3.8, 4) is 0 Å². The molecule has 158 valence electrons. The molecular formula is C25H26F3NS. The molecule has 0 bridgehead atoms. The fourth-order valence-electron chi connectivity index (χ4n) is 3.42. The van der Waals surface area contributed by atoms with Crippen molar-refractivity contribution in [2.24, 2.45) is 0 Å². The first-order valence-corrected chi connectivity index (χ1v) is 11.1. The molecule has 5 heteroatoms. The molecule has 3 aromatic rings. The van der Waals surface area contributed by atoms with Crippen LogP contribution in [0.25, 0.3) is 0 Å². The molecule has 1 N–H and O–H groups in total. The Kier molecular flexibility index (Phi) is 8.00. The van der Waals surface area contributed by atoms with Crippen molar-refractivity contribution in [1.29, 1.82) is 0 Å². The van der Waals surface area contributed by atoms with Crippen LogP contribution in [0.3, 0.4) is 0 Å². The zero-order valence-corrected chi connectivity index (χ0v) is 17.7. The van der Waals surface area contributed by atoms with Crippen molar-refractivity contribution in [3.05, 3.63) is 107 Å². The predicted molar refractivity (Wildman–Crippen MR) is 120 cm³/mol. The van der Waals surface area contributed by atoms with Crippen LogP contribution in [0, 0.1) is 0 Å². The van der Waals surface area contributed by atoms with E-state index >= 15 is 0 Å². The molecule has 30 heavy (non-hydrogen) atoms. The first kappa shape index (κ1) is 22.4. The van der Waals surface area contributed by atoms with E-state index in [1.807, 2.05) is 30.8 Å². The van der Waals surface area contributed by atoms with Gasteiger partial charge in [0.2, 0.25) is 0 Å². The van der Waals surface area contributed by atoms with Gasteiger partial charge in [0.25, 0.3) is 0 Å². The Balaban J connectivity index is 1.53. The highest BCUT2D eigenvalue weighted by atomic mass is 32.2. The second-order valence-corrected chi connectivity index (χ2v) is 8.54. The van der Waals surface area contributed by atoms with Crippen molar-refractivity contribution < 1.29 is 13.2 Å². The third-order valence-corrected chi connectivity index (χ3v) is 6.20. The molecule has 0 aromatic heterocycles. The van der Waals surface area contributed by atoms with Gasteiger partial charge in [0.1, 0.15) is 0 Å². The summed E-state index contributed by atoms with van der Waals surface area (Å²) in [5, 5.41) is 3.70. The van der Waals surface area contributed by atoms with Gasteiger partial charge in [-0.1, -0.05) is 78.9 Å². The quantitative estimate of drug-likeness (QED) is 0.378. The lowest BCUT2D eigenvalue weighted by atomic mass is 10.0. The zero-order chi connectivity index (χ0) is 21.4. The molecule has 0 heterocycles. The molecule has 0 fully saturated rings. The fourth-order valence-corrected chi connectivity index (χ4v) is 4.59. The minimum Gasteiger partial charge on any atom is -0.313 e. The number of hydrogen-bond donors (Lipinski definition) is 1. The number of nitrogens with one attached hydrogen (secondary N) is 1. The lowest BCUT2D eigenvalue weighted by Crippen LogP contribution is -2.30. The minimum atomic E-state index is -4.30. The lowest BCUT2D eigenvalue weighted by molar-refractivity contribution is -0.137. The van der Waals surface area contributed by atoms with Crippen LogP contribution in [-0.2, 0) is 12.6 Å². The van der Waals surface area contributed by atoms with Crippen molar-refractivity contribution in [2.45, 2.75) is 30.8 Å². The van der Waals surface area contributed by atoms with E-state index in [0.717, 1.165) is 18.4 Å². The van der Waals surface area contributed by atoms with E-state index in [4.69, 9.17) is 0 Å². The van der Waals surface area contributed by atoms with Gasteiger partial charge >= 0.3 is 6.18 Å². The summed E-state index contributed by atoms with van der Waals surface area (Å²) in [5.74, 6) is 0.904. The normalized spacial score (nSPS) is 12.8. The highest BCUT2D eigenvalue weighted by molar-refractivity contribution is 7.99. The van der Waals surface area contributed by atoms with Gasteiger partial charge in [0.05, 0.1) is 10.8 Å². The Morgan fingerprint density at radius 2 is 1.43 bits per heavy atom. The largest absolute Gasteiger partial charge is 0.416 e. The third kappa shape index (κ3) is 6.64. The molecule has 1 atom stereocenters. The summed E-state index contributed by atoms with van der Waals surface area (Å²) in [5.41, 5.74) is 2.65. The molecular weight excluding hydrogens is 403 g/mol. The summed E-state index contributed by atoms with van der Waals surface area (Å²) >= 11 is 1.87. The summed E-state index contributed by atoms with van der Waals surface area (Å²) in [6, 6.07) is 26.5. The zero-order valence-electron chi connectivity index (χ0n) is 16.9. The Morgan fingerprint density at radius 1 is 0.833 bits per heavy atom. The molecule has 1 unspecified atom stereocenters. The maximum absolute atomic E-state index is 12.9. The fraction of sp³-hybridized carbons (Fsp3) is 0.280. The molecule has 0 saturated carbocycles. The number of alkyl halides is 3. The van der Waals surface area contributed by atoms with Gasteiger partial charge in [-0.25, -0.2) is 0 Å². The molecule has 0 spiro atoms. The van der Waals surface area contributed by atoms with Gasteiger partial charge in [0, 0.05) is 18.3 Å². The van der Waals surface area contributed by atoms with Crippen LogP contribution < -0.4 is 5.32 Å². The van der Waals surface area contributed by atoms with Gasteiger partial charge in [-0.2, -0.15) is 13.2 Å². The van der Waals surface area contributed by atoms with E-state index in [-0.39, 0.29) is 11.3 Å².